The van der Waals surface area contributed by atoms with E-state index in [0.717, 1.165) is 40.0 Å². The van der Waals surface area contributed by atoms with Gasteiger partial charge >= 0.3 is 6.15 Å². The van der Waals surface area contributed by atoms with Crippen molar-refractivity contribution in [3.05, 3.63) is 96.0 Å². The zero-order chi connectivity index (χ0) is 21.9. The highest BCUT2D eigenvalue weighted by Gasteiger charge is 2.11. The fourth-order valence-electron chi connectivity index (χ4n) is 2.92. The molecule has 152 valence electrons. The lowest BCUT2D eigenvalue weighted by Gasteiger charge is -2.12. The van der Waals surface area contributed by atoms with Gasteiger partial charge < -0.3 is 10.6 Å². The molecule has 0 fully saturated rings. The van der Waals surface area contributed by atoms with Crippen LogP contribution >= 0.6 is 0 Å². The summed E-state index contributed by atoms with van der Waals surface area (Å²) in [5.74, 6) is -0.159. The van der Waals surface area contributed by atoms with Gasteiger partial charge in [0, 0.05) is 30.2 Å². The van der Waals surface area contributed by atoms with Crippen LogP contribution in [0.4, 0.5) is 5.69 Å². The van der Waals surface area contributed by atoms with Gasteiger partial charge in [0.15, 0.2) is 0 Å². The quantitative estimate of drug-likeness (QED) is 0.644. The third kappa shape index (κ3) is 5.99. The lowest BCUT2D eigenvalue weighted by Crippen LogP contribution is -2.14. The van der Waals surface area contributed by atoms with Crippen LogP contribution in [0.1, 0.15) is 27.0 Å². The third-order valence-corrected chi connectivity index (χ3v) is 4.46. The van der Waals surface area contributed by atoms with Gasteiger partial charge in [-0.05, 0) is 48.4 Å². The molecule has 0 aliphatic heterocycles. The van der Waals surface area contributed by atoms with E-state index in [4.69, 9.17) is 9.59 Å². The summed E-state index contributed by atoms with van der Waals surface area (Å²) in [4.78, 5) is 33.2. The number of hydrogen-bond donors (Lipinski definition) is 2. The molecule has 1 heterocycles. The van der Waals surface area contributed by atoms with E-state index in [1.54, 1.807) is 18.6 Å². The zero-order valence-electron chi connectivity index (χ0n) is 16.9. The van der Waals surface area contributed by atoms with Gasteiger partial charge in [0.25, 0.3) is 5.91 Å². The van der Waals surface area contributed by atoms with Crippen molar-refractivity contribution in [3.8, 4) is 11.1 Å². The fraction of sp³-hybridized carbons (Fsp3) is 0.125. The Morgan fingerprint density at radius 1 is 1.03 bits per heavy atom. The molecule has 3 aromatic rings. The molecule has 1 aromatic heterocycles. The molecule has 1 amide bonds. The predicted octanol–water partition coefficient (Wildman–Crippen LogP) is 4.27. The molecular weight excluding hydrogens is 378 g/mol. The molecule has 6 heteroatoms. The molecule has 0 unspecified atom stereocenters. The minimum absolute atomic E-state index is 0.159. The summed E-state index contributed by atoms with van der Waals surface area (Å²) in [6.07, 6.45) is 5.29. The molecule has 30 heavy (non-hydrogen) atoms. The molecule has 3 rings (SSSR count). The first-order valence-electron chi connectivity index (χ1n) is 9.25. The van der Waals surface area contributed by atoms with Gasteiger partial charge in [-0.25, -0.2) is 0 Å². The van der Waals surface area contributed by atoms with Crippen molar-refractivity contribution in [1.29, 1.82) is 0 Å². The van der Waals surface area contributed by atoms with Crippen LogP contribution in [0.5, 0.6) is 0 Å². The monoisotopic (exact) mass is 401 g/mol. The van der Waals surface area contributed by atoms with Gasteiger partial charge in [0.05, 0.1) is 5.56 Å². The fourth-order valence-corrected chi connectivity index (χ4v) is 2.92. The normalized spacial score (nSPS) is 9.53. The van der Waals surface area contributed by atoms with Crippen molar-refractivity contribution in [2.45, 2.75) is 20.4 Å². The molecule has 6 nitrogen and oxygen atoms in total. The molecule has 0 saturated heterocycles. The van der Waals surface area contributed by atoms with E-state index < -0.39 is 0 Å². The topological polar surface area (TPSA) is 88.2 Å². The van der Waals surface area contributed by atoms with Crippen LogP contribution in [-0.2, 0) is 16.1 Å². The summed E-state index contributed by atoms with van der Waals surface area (Å²) >= 11 is 0. The van der Waals surface area contributed by atoms with Crippen LogP contribution in [0.15, 0.2) is 73.7 Å². The van der Waals surface area contributed by atoms with E-state index in [1.807, 2.05) is 50.2 Å². The minimum Gasteiger partial charge on any atom is -0.387 e. The number of para-hydroxylation sites is 1. The minimum atomic E-state index is -0.159. The summed E-state index contributed by atoms with van der Waals surface area (Å²) in [7, 11) is 0. The molecule has 0 spiro atoms. The van der Waals surface area contributed by atoms with Crippen molar-refractivity contribution in [1.82, 2.24) is 10.3 Å². The summed E-state index contributed by atoms with van der Waals surface area (Å²) in [5.41, 5.74) is 6.56. The number of rotatable bonds is 6. The van der Waals surface area contributed by atoms with Crippen molar-refractivity contribution in [3.63, 3.8) is 0 Å². The van der Waals surface area contributed by atoms with Gasteiger partial charge in [-0.3, -0.25) is 9.78 Å². The molecule has 0 bridgehead atoms. The molecule has 2 N–H and O–H groups in total. The maximum absolute atomic E-state index is 12.7. The second kappa shape index (κ2) is 11.1. The van der Waals surface area contributed by atoms with E-state index in [0.29, 0.717) is 5.56 Å². The largest absolute Gasteiger partial charge is 0.387 e. The van der Waals surface area contributed by atoms with Gasteiger partial charge in [-0.1, -0.05) is 49.0 Å². The number of carbonyl (C=O) groups is 1. The van der Waals surface area contributed by atoms with Crippen molar-refractivity contribution in [2.75, 3.05) is 5.32 Å². The Morgan fingerprint density at radius 3 is 2.27 bits per heavy atom. The summed E-state index contributed by atoms with van der Waals surface area (Å²) in [6, 6.07) is 16.0. The van der Waals surface area contributed by atoms with Crippen LogP contribution in [0, 0.1) is 13.8 Å². The molecule has 0 aliphatic carbocycles. The molecular formula is C24H23N3O3. The lowest BCUT2D eigenvalue weighted by atomic mass is 10.0. The Bertz CT molecular complexity index is 1030. The number of nitrogens with one attached hydrogen (secondary N) is 2. The molecule has 0 radical (unpaired) electrons. The maximum Gasteiger partial charge on any atom is 0.373 e. The van der Waals surface area contributed by atoms with Crippen molar-refractivity contribution >= 4 is 17.7 Å². The summed E-state index contributed by atoms with van der Waals surface area (Å²) in [5, 5.41) is 6.09. The number of carbonyl (C=O) groups excluding carboxylic acids is 3. The number of aromatic nitrogens is 1. The average molecular weight is 401 g/mol. The van der Waals surface area contributed by atoms with Gasteiger partial charge in [-0.2, -0.15) is 9.59 Å². The van der Waals surface area contributed by atoms with Crippen LogP contribution in [0.3, 0.4) is 0 Å². The summed E-state index contributed by atoms with van der Waals surface area (Å²) < 4.78 is 0. The van der Waals surface area contributed by atoms with E-state index in [1.165, 1.54) is 0 Å². The second-order valence-corrected chi connectivity index (χ2v) is 6.55. The van der Waals surface area contributed by atoms with E-state index in [9.17, 15) is 4.79 Å². The maximum atomic E-state index is 12.7. The van der Waals surface area contributed by atoms with Crippen molar-refractivity contribution < 1.29 is 14.4 Å². The highest BCUT2D eigenvalue weighted by molar-refractivity contribution is 6.05. The number of aryl methyl sites for hydroxylation is 2. The Hall–Kier alpha value is -4.02. The first-order valence-corrected chi connectivity index (χ1v) is 9.25. The SMILES string of the molecule is C=CNCc1ccc(-c2cncc(C(=O)Nc3c(C)cccc3C)c2)cc1.O=C=O. The van der Waals surface area contributed by atoms with E-state index >= 15 is 0 Å². The number of pyridine rings is 1. The Balaban J connectivity index is 0.00000101. The Labute approximate surface area is 175 Å². The van der Waals surface area contributed by atoms with Crippen LogP contribution in [-0.4, -0.2) is 17.0 Å². The summed E-state index contributed by atoms with van der Waals surface area (Å²) in [6.45, 7) is 8.36. The Morgan fingerprint density at radius 2 is 1.67 bits per heavy atom. The molecule has 0 saturated carbocycles. The first-order chi connectivity index (χ1) is 14.5. The number of hydrogen-bond acceptors (Lipinski definition) is 5. The van der Waals surface area contributed by atoms with Crippen LogP contribution in [0.2, 0.25) is 0 Å². The Kier molecular flexibility index (Phi) is 8.24. The van der Waals surface area contributed by atoms with Gasteiger partial charge in [0.1, 0.15) is 0 Å². The number of benzene rings is 2. The first kappa shape index (κ1) is 22.3. The van der Waals surface area contributed by atoms with Gasteiger partial charge in [0.2, 0.25) is 0 Å². The van der Waals surface area contributed by atoms with Crippen LogP contribution < -0.4 is 10.6 Å². The molecule has 0 aliphatic rings. The average Bonchev–Trinajstić information content (AvgIpc) is 2.76. The smallest absolute Gasteiger partial charge is 0.373 e. The standard InChI is InChI=1S/C23H23N3O.CO2/c1-4-24-13-18-8-10-19(11-9-18)20-12-21(15-25-14-20)23(27)26-22-16(2)6-5-7-17(22)3;2-1-3/h4-12,14-15,24H,1,13H2,2-3H3,(H,26,27);. The van der Waals surface area contributed by atoms with E-state index in [2.05, 4.69) is 34.3 Å². The highest BCUT2D eigenvalue weighted by atomic mass is 16.2. The zero-order valence-corrected chi connectivity index (χ0v) is 16.9. The number of anilines is 1. The van der Waals surface area contributed by atoms with Crippen molar-refractivity contribution in [2.24, 2.45) is 0 Å². The number of nitrogens with zero attached hydrogens (tertiary/aromatic N) is 1. The third-order valence-electron chi connectivity index (χ3n) is 4.46. The highest BCUT2D eigenvalue weighted by Crippen LogP contribution is 2.23. The van der Waals surface area contributed by atoms with Gasteiger partial charge in [-0.15, -0.1) is 0 Å². The molecule has 0 atom stereocenters. The number of amides is 1. The molecule has 2 aromatic carbocycles. The lowest BCUT2D eigenvalue weighted by molar-refractivity contribution is -0.191. The predicted molar refractivity (Wildman–Crippen MR) is 116 cm³/mol. The van der Waals surface area contributed by atoms with Crippen LogP contribution in [0.25, 0.3) is 11.1 Å². The second-order valence-electron chi connectivity index (χ2n) is 6.55. The van der Waals surface area contributed by atoms with E-state index in [-0.39, 0.29) is 12.1 Å².